The minimum Gasteiger partial charge on any atom is -0.455 e. The topological polar surface area (TPSA) is 75.7 Å². The van der Waals surface area contributed by atoms with Crippen molar-refractivity contribution < 1.29 is 23.5 Å². The number of benzene rings is 2. The average molecular weight is 477 g/mol. The molecule has 0 bridgehead atoms. The molecule has 1 N–H and O–H groups in total. The number of anilines is 2. The fraction of sp³-hybridized carbons (Fsp3) is 0.318. The van der Waals surface area contributed by atoms with Gasteiger partial charge in [0.25, 0.3) is 5.91 Å². The van der Waals surface area contributed by atoms with Crippen LogP contribution in [-0.4, -0.2) is 30.9 Å². The first-order valence-electron chi connectivity index (χ1n) is 9.60. The highest BCUT2D eigenvalue weighted by Gasteiger charge is 2.36. The number of nitrogens with one attached hydrogen (secondary N) is 1. The Hall–Kier alpha value is -2.74. The summed E-state index contributed by atoms with van der Waals surface area (Å²) in [6.45, 7) is 3.58. The number of carbonyl (C=O) groups excluding carboxylic acids is 3. The second kappa shape index (κ2) is 9.38. The lowest BCUT2D eigenvalue weighted by Crippen LogP contribution is -2.28. The van der Waals surface area contributed by atoms with Crippen molar-refractivity contribution in [2.45, 2.75) is 26.7 Å². The lowest BCUT2D eigenvalue weighted by atomic mass is 10.1. The van der Waals surface area contributed by atoms with Gasteiger partial charge in [0.15, 0.2) is 6.61 Å². The van der Waals surface area contributed by atoms with E-state index in [-0.39, 0.29) is 18.9 Å². The number of carbonyl (C=O) groups is 3. The predicted molar refractivity (Wildman–Crippen MR) is 115 cm³/mol. The Morgan fingerprint density at radius 2 is 1.97 bits per heavy atom. The van der Waals surface area contributed by atoms with Gasteiger partial charge < -0.3 is 15.0 Å². The van der Waals surface area contributed by atoms with E-state index in [1.807, 2.05) is 26.0 Å². The van der Waals surface area contributed by atoms with Crippen molar-refractivity contribution in [3.8, 4) is 0 Å². The fourth-order valence-electron chi connectivity index (χ4n) is 3.44. The number of esters is 1. The normalized spacial score (nSPS) is 15.9. The fourth-order valence-corrected chi connectivity index (χ4v) is 4.06. The molecular formula is C22H22BrFN2O4. The molecule has 2 aromatic carbocycles. The van der Waals surface area contributed by atoms with Crippen LogP contribution in [0.3, 0.4) is 0 Å². The van der Waals surface area contributed by atoms with Crippen LogP contribution >= 0.6 is 15.9 Å². The summed E-state index contributed by atoms with van der Waals surface area (Å²) < 4.78 is 19.2. The largest absolute Gasteiger partial charge is 0.455 e. The van der Waals surface area contributed by atoms with Crippen LogP contribution < -0.4 is 10.2 Å². The molecule has 1 aliphatic rings. The van der Waals surface area contributed by atoms with Crippen molar-refractivity contribution in [3.63, 3.8) is 0 Å². The smallest absolute Gasteiger partial charge is 0.311 e. The van der Waals surface area contributed by atoms with Crippen molar-refractivity contribution >= 4 is 45.1 Å². The summed E-state index contributed by atoms with van der Waals surface area (Å²) in [5.74, 6) is -2.36. The van der Waals surface area contributed by atoms with Crippen molar-refractivity contribution in [2.75, 3.05) is 23.4 Å². The van der Waals surface area contributed by atoms with E-state index in [1.54, 1.807) is 0 Å². The number of hydrogen-bond acceptors (Lipinski definition) is 4. The molecule has 3 rings (SSSR count). The van der Waals surface area contributed by atoms with E-state index >= 15 is 0 Å². The third-order valence-corrected chi connectivity index (χ3v) is 5.43. The van der Waals surface area contributed by atoms with Gasteiger partial charge in [-0.25, -0.2) is 4.39 Å². The summed E-state index contributed by atoms with van der Waals surface area (Å²) in [5.41, 5.74) is 3.10. The predicted octanol–water partition coefficient (Wildman–Crippen LogP) is 3.99. The number of nitrogens with zero attached hydrogens (tertiary/aromatic N) is 1. The zero-order chi connectivity index (χ0) is 21.8. The van der Waals surface area contributed by atoms with E-state index in [0.717, 1.165) is 22.0 Å². The Balaban J connectivity index is 1.56. The van der Waals surface area contributed by atoms with Crippen molar-refractivity contribution in [2.24, 2.45) is 5.92 Å². The standard InChI is InChI=1S/C22H22BrFN2O4/c1-3-14-9-16(23)8-13(2)21(14)25-19(27)12-30-22(29)15-10-20(28)26(11-15)18-6-4-17(24)5-7-18/h4-9,15H,3,10-12H2,1-2H3,(H,25,27)/t15-/m0/s1. The highest BCUT2D eigenvalue weighted by atomic mass is 79.9. The van der Waals surface area contributed by atoms with Gasteiger partial charge in [0.2, 0.25) is 5.91 Å². The minimum absolute atomic E-state index is 0.0103. The number of amides is 2. The van der Waals surface area contributed by atoms with E-state index in [1.165, 1.54) is 29.2 Å². The van der Waals surface area contributed by atoms with Crippen LogP contribution in [0, 0.1) is 18.7 Å². The molecule has 2 aromatic rings. The second-order valence-corrected chi connectivity index (χ2v) is 8.06. The van der Waals surface area contributed by atoms with Gasteiger partial charge in [0.1, 0.15) is 5.82 Å². The van der Waals surface area contributed by atoms with E-state index in [0.29, 0.717) is 11.4 Å². The van der Waals surface area contributed by atoms with Crippen LogP contribution in [0.4, 0.5) is 15.8 Å². The number of rotatable bonds is 6. The lowest BCUT2D eigenvalue weighted by molar-refractivity contribution is -0.151. The number of halogens is 2. The van der Waals surface area contributed by atoms with Gasteiger partial charge in [-0.1, -0.05) is 22.9 Å². The molecule has 30 heavy (non-hydrogen) atoms. The van der Waals surface area contributed by atoms with Crippen LogP contribution in [0.1, 0.15) is 24.5 Å². The molecule has 0 aromatic heterocycles. The molecule has 0 saturated carbocycles. The summed E-state index contributed by atoms with van der Waals surface area (Å²) in [5, 5.41) is 2.80. The first-order chi connectivity index (χ1) is 14.3. The Morgan fingerprint density at radius 1 is 1.27 bits per heavy atom. The molecule has 1 atom stereocenters. The molecule has 0 spiro atoms. The molecule has 6 nitrogen and oxygen atoms in total. The SMILES string of the molecule is CCc1cc(Br)cc(C)c1NC(=O)COC(=O)[C@H]1CC(=O)N(c2ccc(F)cc2)C1. The van der Waals surface area contributed by atoms with Gasteiger partial charge in [-0.2, -0.15) is 0 Å². The highest BCUT2D eigenvalue weighted by Crippen LogP contribution is 2.27. The molecule has 8 heteroatoms. The molecular weight excluding hydrogens is 455 g/mol. The number of ether oxygens (including phenoxy) is 1. The van der Waals surface area contributed by atoms with E-state index in [2.05, 4.69) is 21.2 Å². The van der Waals surface area contributed by atoms with E-state index in [9.17, 15) is 18.8 Å². The summed E-state index contributed by atoms with van der Waals surface area (Å²) in [4.78, 5) is 38.3. The quantitative estimate of drug-likeness (QED) is 0.639. The lowest BCUT2D eigenvalue weighted by Gasteiger charge is -2.16. The first kappa shape index (κ1) is 22.0. The maximum Gasteiger partial charge on any atom is 0.311 e. The van der Waals surface area contributed by atoms with Crippen LogP contribution in [-0.2, 0) is 25.5 Å². The summed E-state index contributed by atoms with van der Waals surface area (Å²) in [6, 6.07) is 9.32. The van der Waals surface area contributed by atoms with E-state index < -0.39 is 30.2 Å². The Morgan fingerprint density at radius 3 is 2.63 bits per heavy atom. The van der Waals surface area contributed by atoms with Crippen LogP contribution in [0.2, 0.25) is 0 Å². The maximum absolute atomic E-state index is 13.1. The molecule has 1 saturated heterocycles. The molecule has 0 aliphatic carbocycles. The zero-order valence-corrected chi connectivity index (χ0v) is 18.3. The molecule has 1 fully saturated rings. The third-order valence-electron chi connectivity index (χ3n) is 4.97. The Kier molecular flexibility index (Phi) is 6.87. The molecule has 0 radical (unpaired) electrons. The molecule has 2 amide bonds. The van der Waals surface area contributed by atoms with Crippen LogP contribution in [0.15, 0.2) is 40.9 Å². The summed E-state index contributed by atoms with van der Waals surface area (Å²) in [6.07, 6.45) is 0.725. The minimum atomic E-state index is -0.670. The molecule has 1 heterocycles. The molecule has 1 aliphatic heterocycles. The summed E-state index contributed by atoms with van der Waals surface area (Å²) in [7, 11) is 0. The number of aryl methyl sites for hydroxylation is 2. The van der Waals surface area contributed by atoms with E-state index in [4.69, 9.17) is 4.74 Å². The van der Waals surface area contributed by atoms with Gasteiger partial charge in [0, 0.05) is 28.8 Å². The Labute approximate surface area is 182 Å². The maximum atomic E-state index is 13.1. The molecule has 158 valence electrons. The Bertz CT molecular complexity index is 978. The second-order valence-electron chi connectivity index (χ2n) is 7.15. The van der Waals surface area contributed by atoms with Crippen LogP contribution in [0.5, 0.6) is 0 Å². The van der Waals surface area contributed by atoms with Crippen molar-refractivity contribution in [3.05, 3.63) is 57.8 Å². The van der Waals surface area contributed by atoms with Crippen molar-refractivity contribution in [1.82, 2.24) is 0 Å². The van der Waals surface area contributed by atoms with Gasteiger partial charge in [-0.15, -0.1) is 0 Å². The average Bonchev–Trinajstić information content (AvgIpc) is 3.10. The first-order valence-corrected chi connectivity index (χ1v) is 10.4. The zero-order valence-electron chi connectivity index (χ0n) is 16.7. The molecule has 0 unspecified atom stereocenters. The van der Waals surface area contributed by atoms with Gasteiger partial charge in [0.05, 0.1) is 5.92 Å². The number of hydrogen-bond donors (Lipinski definition) is 1. The van der Waals surface area contributed by atoms with Gasteiger partial charge in [-0.3, -0.25) is 14.4 Å². The van der Waals surface area contributed by atoms with Crippen LogP contribution in [0.25, 0.3) is 0 Å². The van der Waals surface area contributed by atoms with Gasteiger partial charge >= 0.3 is 5.97 Å². The van der Waals surface area contributed by atoms with Gasteiger partial charge in [-0.05, 0) is 60.9 Å². The van der Waals surface area contributed by atoms with Crippen molar-refractivity contribution in [1.29, 1.82) is 0 Å². The third kappa shape index (κ3) is 5.05. The highest BCUT2D eigenvalue weighted by molar-refractivity contribution is 9.10. The summed E-state index contributed by atoms with van der Waals surface area (Å²) >= 11 is 3.44. The monoisotopic (exact) mass is 476 g/mol.